The summed E-state index contributed by atoms with van der Waals surface area (Å²) >= 11 is 0. The van der Waals surface area contributed by atoms with Crippen molar-refractivity contribution in [2.24, 2.45) is 11.7 Å². The second-order valence-electron chi connectivity index (χ2n) is 5.72. The minimum atomic E-state index is -0.0590. The molecule has 0 aliphatic carbocycles. The summed E-state index contributed by atoms with van der Waals surface area (Å²) in [6.45, 7) is 7.87. The summed E-state index contributed by atoms with van der Waals surface area (Å²) in [5, 5.41) is 8.12. The summed E-state index contributed by atoms with van der Waals surface area (Å²) in [6.07, 6.45) is 1.99. The van der Waals surface area contributed by atoms with Crippen LogP contribution in [0, 0.1) is 5.92 Å². The average molecular weight is 309 g/mol. The molecule has 0 saturated carbocycles. The van der Waals surface area contributed by atoms with Crippen molar-refractivity contribution in [3.05, 3.63) is 48.3 Å². The van der Waals surface area contributed by atoms with Gasteiger partial charge in [-0.1, -0.05) is 32.0 Å². The molecule has 1 unspecified atom stereocenters. The van der Waals surface area contributed by atoms with Gasteiger partial charge >= 0.3 is 0 Å². The predicted octanol–water partition coefficient (Wildman–Crippen LogP) is 2.76. The molecule has 21 heavy (non-hydrogen) atoms. The Balaban J connectivity index is 0.00000220. The highest BCUT2D eigenvalue weighted by Crippen LogP contribution is 2.15. The number of aromatic nitrogens is 2. The van der Waals surface area contributed by atoms with E-state index < -0.39 is 0 Å². The molecule has 0 amide bonds. The maximum absolute atomic E-state index is 5.88. The fourth-order valence-electron chi connectivity index (χ4n) is 1.98. The van der Waals surface area contributed by atoms with Crippen molar-refractivity contribution >= 4 is 12.4 Å². The SMILES string of the molecule is CC(C)C(C)(CN)NCc1ccn(-c2ccccc2)n1.Cl. The Bertz CT molecular complexity index is 538. The summed E-state index contributed by atoms with van der Waals surface area (Å²) < 4.78 is 1.90. The number of nitrogens with two attached hydrogens (primary N) is 1. The minimum absolute atomic E-state index is 0. The summed E-state index contributed by atoms with van der Waals surface area (Å²) in [4.78, 5) is 0. The fourth-order valence-corrected chi connectivity index (χ4v) is 1.98. The highest BCUT2D eigenvalue weighted by molar-refractivity contribution is 5.85. The summed E-state index contributed by atoms with van der Waals surface area (Å²) in [7, 11) is 0. The normalized spacial score (nSPS) is 13.8. The summed E-state index contributed by atoms with van der Waals surface area (Å²) in [5.74, 6) is 0.476. The van der Waals surface area contributed by atoms with Crippen LogP contribution in [0.25, 0.3) is 5.69 Å². The Hall–Kier alpha value is -1.36. The molecule has 2 aromatic rings. The van der Waals surface area contributed by atoms with E-state index >= 15 is 0 Å². The first-order valence-electron chi connectivity index (χ1n) is 7.10. The van der Waals surface area contributed by atoms with E-state index in [-0.39, 0.29) is 17.9 Å². The molecule has 0 aliphatic heterocycles. The van der Waals surface area contributed by atoms with Gasteiger partial charge in [0.1, 0.15) is 0 Å². The Morgan fingerprint density at radius 3 is 2.48 bits per heavy atom. The van der Waals surface area contributed by atoms with Gasteiger partial charge in [-0.2, -0.15) is 5.10 Å². The molecule has 3 N–H and O–H groups in total. The lowest BCUT2D eigenvalue weighted by molar-refractivity contribution is 0.266. The van der Waals surface area contributed by atoms with E-state index in [0.29, 0.717) is 12.5 Å². The summed E-state index contributed by atoms with van der Waals surface area (Å²) in [6, 6.07) is 12.2. The van der Waals surface area contributed by atoms with E-state index in [1.165, 1.54) is 0 Å². The van der Waals surface area contributed by atoms with Crippen LogP contribution in [0.1, 0.15) is 26.5 Å². The molecule has 1 atom stereocenters. The number of benzene rings is 1. The van der Waals surface area contributed by atoms with Gasteiger partial charge in [-0.15, -0.1) is 12.4 Å². The number of nitrogens with zero attached hydrogens (tertiary/aromatic N) is 2. The van der Waals surface area contributed by atoms with Crippen molar-refractivity contribution in [1.82, 2.24) is 15.1 Å². The van der Waals surface area contributed by atoms with E-state index in [1.807, 2.05) is 47.3 Å². The zero-order valence-corrected chi connectivity index (χ0v) is 13.7. The molecule has 4 nitrogen and oxygen atoms in total. The molecule has 0 radical (unpaired) electrons. The first-order valence-corrected chi connectivity index (χ1v) is 7.10. The molecular weight excluding hydrogens is 284 g/mol. The average Bonchev–Trinajstić information content (AvgIpc) is 2.94. The van der Waals surface area contributed by atoms with Gasteiger partial charge < -0.3 is 11.1 Å². The van der Waals surface area contributed by atoms with Crippen molar-refractivity contribution in [3.8, 4) is 5.69 Å². The Labute approximate surface area is 133 Å². The maximum Gasteiger partial charge on any atom is 0.0767 e. The number of hydrogen-bond donors (Lipinski definition) is 2. The lowest BCUT2D eigenvalue weighted by Gasteiger charge is -2.33. The second-order valence-corrected chi connectivity index (χ2v) is 5.72. The fraction of sp³-hybridized carbons (Fsp3) is 0.438. The van der Waals surface area contributed by atoms with Crippen LogP contribution >= 0.6 is 12.4 Å². The smallest absolute Gasteiger partial charge is 0.0767 e. The van der Waals surface area contributed by atoms with Crippen LogP contribution in [0.2, 0.25) is 0 Å². The van der Waals surface area contributed by atoms with E-state index in [9.17, 15) is 0 Å². The zero-order chi connectivity index (χ0) is 14.6. The number of nitrogens with one attached hydrogen (secondary N) is 1. The first kappa shape index (κ1) is 17.7. The number of para-hydroxylation sites is 1. The Morgan fingerprint density at radius 1 is 1.24 bits per heavy atom. The van der Waals surface area contributed by atoms with Gasteiger partial charge in [0.25, 0.3) is 0 Å². The maximum atomic E-state index is 5.88. The molecule has 0 aliphatic rings. The van der Waals surface area contributed by atoms with Gasteiger partial charge in [0.05, 0.1) is 11.4 Å². The zero-order valence-electron chi connectivity index (χ0n) is 12.9. The second kappa shape index (κ2) is 7.59. The largest absolute Gasteiger partial charge is 0.329 e. The van der Waals surface area contributed by atoms with Crippen molar-refractivity contribution in [2.75, 3.05) is 6.54 Å². The van der Waals surface area contributed by atoms with E-state index in [2.05, 4.69) is 31.2 Å². The number of rotatable bonds is 6. The monoisotopic (exact) mass is 308 g/mol. The van der Waals surface area contributed by atoms with Gasteiger partial charge in [-0.25, -0.2) is 4.68 Å². The van der Waals surface area contributed by atoms with Crippen LogP contribution in [0.5, 0.6) is 0 Å². The van der Waals surface area contributed by atoms with Gasteiger partial charge in [-0.3, -0.25) is 0 Å². The van der Waals surface area contributed by atoms with Crippen LogP contribution < -0.4 is 11.1 Å². The van der Waals surface area contributed by atoms with Crippen LogP contribution in [0.3, 0.4) is 0 Å². The third kappa shape index (κ3) is 4.30. The first-order chi connectivity index (χ1) is 9.55. The predicted molar refractivity (Wildman–Crippen MR) is 89.9 cm³/mol. The molecule has 0 fully saturated rings. The molecular formula is C16H25ClN4. The minimum Gasteiger partial charge on any atom is -0.329 e. The lowest BCUT2D eigenvalue weighted by Crippen LogP contribution is -2.52. The molecule has 116 valence electrons. The van der Waals surface area contributed by atoms with Gasteiger partial charge in [-0.05, 0) is 31.0 Å². The molecule has 1 aromatic heterocycles. The number of halogens is 1. The van der Waals surface area contributed by atoms with Crippen molar-refractivity contribution in [1.29, 1.82) is 0 Å². The van der Waals surface area contributed by atoms with Crippen LogP contribution in [-0.2, 0) is 6.54 Å². The van der Waals surface area contributed by atoms with E-state index in [0.717, 1.165) is 17.9 Å². The van der Waals surface area contributed by atoms with Gasteiger partial charge in [0.15, 0.2) is 0 Å². The highest BCUT2D eigenvalue weighted by Gasteiger charge is 2.25. The van der Waals surface area contributed by atoms with Gasteiger partial charge in [0.2, 0.25) is 0 Å². The Morgan fingerprint density at radius 2 is 1.90 bits per heavy atom. The van der Waals surface area contributed by atoms with Crippen LogP contribution in [-0.4, -0.2) is 21.9 Å². The molecule has 5 heteroatoms. The van der Waals surface area contributed by atoms with Crippen molar-refractivity contribution < 1.29 is 0 Å². The molecule has 0 saturated heterocycles. The van der Waals surface area contributed by atoms with E-state index in [1.54, 1.807) is 0 Å². The van der Waals surface area contributed by atoms with Crippen molar-refractivity contribution in [2.45, 2.75) is 32.9 Å². The number of hydrogen-bond acceptors (Lipinski definition) is 3. The summed E-state index contributed by atoms with van der Waals surface area (Å²) in [5.41, 5.74) is 7.92. The molecule has 1 aromatic carbocycles. The lowest BCUT2D eigenvalue weighted by atomic mass is 9.88. The third-order valence-corrected chi connectivity index (χ3v) is 4.04. The van der Waals surface area contributed by atoms with E-state index in [4.69, 9.17) is 5.73 Å². The Kier molecular flexibility index (Phi) is 6.40. The quantitative estimate of drug-likeness (QED) is 0.863. The third-order valence-electron chi connectivity index (χ3n) is 4.04. The van der Waals surface area contributed by atoms with Gasteiger partial charge in [0, 0.05) is 24.8 Å². The molecule has 2 rings (SSSR count). The topological polar surface area (TPSA) is 55.9 Å². The van der Waals surface area contributed by atoms with Crippen LogP contribution in [0.15, 0.2) is 42.6 Å². The van der Waals surface area contributed by atoms with Crippen LogP contribution in [0.4, 0.5) is 0 Å². The molecule has 0 spiro atoms. The molecule has 0 bridgehead atoms. The standard InChI is InChI=1S/C16H24N4.ClH/c1-13(2)16(3,12-17)18-11-14-9-10-20(19-14)15-7-5-4-6-8-15;/h4-10,13,18H,11-12,17H2,1-3H3;1H. The van der Waals surface area contributed by atoms with Crippen molar-refractivity contribution in [3.63, 3.8) is 0 Å². The molecule has 1 heterocycles. The highest BCUT2D eigenvalue weighted by atomic mass is 35.5.